The van der Waals surface area contributed by atoms with E-state index in [2.05, 4.69) is 11.9 Å². The van der Waals surface area contributed by atoms with Gasteiger partial charge in [0.1, 0.15) is 0 Å². The highest BCUT2D eigenvalue weighted by Crippen LogP contribution is 2.30. The highest BCUT2D eigenvalue weighted by molar-refractivity contribution is 5.92. The number of aliphatic imine (C=N–C) groups is 1. The molecule has 31 heavy (non-hydrogen) atoms. The van der Waals surface area contributed by atoms with Crippen LogP contribution in [0.1, 0.15) is 51.2 Å². The van der Waals surface area contributed by atoms with Crippen LogP contribution in [0.2, 0.25) is 0 Å². The number of carbonyl (C=O) groups excluding carboxylic acids is 1. The maximum Gasteiger partial charge on any atom is 0.339 e. The summed E-state index contributed by atoms with van der Waals surface area (Å²) in [6.45, 7) is 8.92. The Balaban J connectivity index is 1.91. The Bertz CT molecular complexity index is 1060. The Kier molecular flexibility index (Phi) is 7.24. The summed E-state index contributed by atoms with van der Waals surface area (Å²) in [5.74, 6) is -0.337. The van der Waals surface area contributed by atoms with Crippen molar-refractivity contribution in [3.63, 3.8) is 0 Å². The minimum atomic E-state index is -0.468. The van der Waals surface area contributed by atoms with Gasteiger partial charge in [-0.2, -0.15) is 0 Å². The molecule has 0 bridgehead atoms. The summed E-state index contributed by atoms with van der Waals surface area (Å²) < 4.78 is 6.05. The fraction of sp³-hybridized carbons (Fsp3) is 0.259. The minimum Gasteiger partial charge on any atom is -0.449 e. The third kappa shape index (κ3) is 5.40. The van der Waals surface area contributed by atoms with Crippen LogP contribution in [0, 0.1) is 20.8 Å². The van der Waals surface area contributed by atoms with Crippen LogP contribution in [0.4, 0.5) is 5.69 Å². The van der Waals surface area contributed by atoms with E-state index in [-0.39, 0.29) is 5.97 Å². The van der Waals surface area contributed by atoms with E-state index in [4.69, 9.17) is 4.74 Å². The lowest BCUT2D eigenvalue weighted by molar-refractivity contribution is 0.0377. The third-order valence-corrected chi connectivity index (χ3v) is 5.58. The van der Waals surface area contributed by atoms with Gasteiger partial charge in [-0.05, 0) is 62.1 Å². The average Bonchev–Trinajstić information content (AvgIpc) is 2.79. The van der Waals surface area contributed by atoms with Crippen LogP contribution >= 0.6 is 0 Å². The molecule has 0 heterocycles. The van der Waals surface area contributed by atoms with E-state index < -0.39 is 6.10 Å². The topological polar surface area (TPSA) is 41.9 Å². The lowest BCUT2D eigenvalue weighted by Crippen LogP contribution is -2.15. The summed E-state index contributed by atoms with van der Waals surface area (Å²) in [5.41, 5.74) is 6.33. The van der Waals surface area contributed by atoms with Crippen molar-refractivity contribution in [2.45, 2.75) is 33.8 Å². The molecule has 0 fully saturated rings. The van der Waals surface area contributed by atoms with Crippen molar-refractivity contribution in [3.8, 4) is 0 Å². The largest absolute Gasteiger partial charge is 0.449 e. The van der Waals surface area contributed by atoms with Crippen molar-refractivity contribution in [3.05, 3.63) is 100 Å². The number of hydrogen-bond donors (Lipinski definition) is 0. The predicted octanol–water partition coefficient (Wildman–Crippen LogP) is 6.17. The van der Waals surface area contributed by atoms with E-state index in [1.807, 2.05) is 99.7 Å². The molecule has 0 spiro atoms. The fourth-order valence-electron chi connectivity index (χ4n) is 3.28. The van der Waals surface area contributed by atoms with Crippen molar-refractivity contribution < 1.29 is 9.53 Å². The van der Waals surface area contributed by atoms with Crippen LogP contribution in [0.3, 0.4) is 0 Å². The first kappa shape index (κ1) is 22.3. The number of aryl methyl sites for hydroxylation is 1. The molecule has 0 aromatic heterocycles. The molecule has 3 rings (SSSR count). The molecular weight excluding hydrogens is 384 g/mol. The van der Waals surface area contributed by atoms with Crippen molar-refractivity contribution in [2.24, 2.45) is 4.99 Å². The molecule has 1 unspecified atom stereocenters. The summed E-state index contributed by atoms with van der Waals surface area (Å²) in [5, 5.41) is 0. The van der Waals surface area contributed by atoms with Gasteiger partial charge in [-0.15, -0.1) is 0 Å². The summed E-state index contributed by atoms with van der Waals surface area (Å²) in [4.78, 5) is 19.8. The van der Waals surface area contributed by atoms with E-state index in [9.17, 15) is 4.79 Å². The molecule has 0 aliphatic carbocycles. The molecule has 3 aromatic carbocycles. The Hall–Kier alpha value is -3.40. The molecule has 0 saturated carbocycles. The smallest absolute Gasteiger partial charge is 0.339 e. The Morgan fingerprint density at radius 1 is 0.935 bits per heavy atom. The Morgan fingerprint density at radius 3 is 2.23 bits per heavy atom. The Labute approximate surface area is 185 Å². The van der Waals surface area contributed by atoms with Crippen LogP contribution in [0.25, 0.3) is 0 Å². The van der Waals surface area contributed by atoms with Gasteiger partial charge in [0.25, 0.3) is 0 Å². The second kappa shape index (κ2) is 10.1. The molecule has 160 valence electrons. The van der Waals surface area contributed by atoms with Crippen LogP contribution < -0.4 is 0 Å². The minimum absolute atomic E-state index is 0.337. The molecule has 0 saturated heterocycles. The van der Waals surface area contributed by atoms with Gasteiger partial charge >= 0.3 is 5.97 Å². The summed E-state index contributed by atoms with van der Waals surface area (Å²) in [6.07, 6.45) is 1.34. The molecule has 4 heteroatoms. The normalized spacial score (nSPS) is 12.0. The number of nitrogens with zero attached hydrogens (tertiary/aromatic N) is 2. The second-order valence-corrected chi connectivity index (χ2v) is 7.81. The summed E-state index contributed by atoms with van der Waals surface area (Å²) >= 11 is 0. The maximum atomic E-state index is 13.2. The molecular formula is C27H30N2O2. The number of esters is 1. The van der Waals surface area contributed by atoms with Crippen molar-refractivity contribution in [1.82, 2.24) is 4.90 Å². The zero-order chi connectivity index (χ0) is 22.4. The van der Waals surface area contributed by atoms with Gasteiger partial charge in [0.05, 0.1) is 17.6 Å². The predicted molar refractivity (Wildman–Crippen MR) is 127 cm³/mol. The van der Waals surface area contributed by atoms with Crippen LogP contribution in [-0.2, 0) is 4.74 Å². The zero-order valence-electron chi connectivity index (χ0n) is 18.9. The fourth-order valence-corrected chi connectivity index (χ4v) is 3.28. The molecule has 1 atom stereocenters. The summed E-state index contributed by atoms with van der Waals surface area (Å²) in [7, 11) is 1.98. The Morgan fingerprint density at radius 2 is 1.58 bits per heavy atom. The van der Waals surface area contributed by atoms with E-state index in [1.54, 1.807) is 6.07 Å². The van der Waals surface area contributed by atoms with Crippen LogP contribution in [0.15, 0.2) is 71.7 Å². The van der Waals surface area contributed by atoms with E-state index in [1.165, 1.54) is 5.56 Å². The number of ether oxygens (including phenoxy) is 1. The van der Waals surface area contributed by atoms with E-state index >= 15 is 0 Å². The highest BCUT2D eigenvalue weighted by atomic mass is 16.5. The first-order chi connectivity index (χ1) is 14.9. The molecule has 0 radical (unpaired) electrons. The molecule has 0 aliphatic heterocycles. The van der Waals surface area contributed by atoms with Crippen molar-refractivity contribution in [1.29, 1.82) is 0 Å². The maximum absolute atomic E-state index is 13.2. The van der Waals surface area contributed by atoms with Gasteiger partial charge in [0, 0.05) is 13.6 Å². The average molecular weight is 415 g/mol. The van der Waals surface area contributed by atoms with Crippen molar-refractivity contribution in [2.75, 3.05) is 13.6 Å². The molecule has 0 aliphatic rings. The van der Waals surface area contributed by atoms with Gasteiger partial charge in [0.15, 0.2) is 6.10 Å². The molecule has 0 amide bonds. The van der Waals surface area contributed by atoms with Crippen molar-refractivity contribution >= 4 is 18.0 Å². The van der Waals surface area contributed by atoms with Crippen LogP contribution in [-0.4, -0.2) is 30.8 Å². The zero-order valence-corrected chi connectivity index (χ0v) is 18.9. The molecule has 3 aromatic rings. The lowest BCUT2D eigenvalue weighted by Gasteiger charge is -2.20. The lowest BCUT2D eigenvalue weighted by atomic mass is 9.99. The molecule has 4 nitrogen and oxygen atoms in total. The third-order valence-electron chi connectivity index (χ3n) is 5.58. The van der Waals surface area contributed by atoms with Gasteiger partial charge < -0.3 is 9.64 Å². The first-order valence-corrected chi connectivity index (χ1v) is 10.6. The number of rotatable bonds is 7. The van der Waals surface area contributed by atoms with E-state index in [0.717, 1.165) is 34.5 Å². The monoisotopic (exact) mass is 414 g/mol. The van der Waals surface area contributed by atoms with Crippen LogP contribution in [0.5, 0.6) is 0 Å². The quantitative estimate of drug-likeness (QED) is 0.264. The standard InChI is InChI=1S/C27H30N2O2/c1-6-29(5)18-28-25-17-16-24(20(3)21(25)4)27(30)31-26(22-10-8-7-9-11-22)23-14-12-19(2)13-15-23/h7-18,26H,6H2,1-5H3. The summed E-state index contributed by atoms with van der Waals surface area (Å²) in [6, 6.07) is 21.6. The van der Waals surface area contributed by atoms with Gasteiger partial charge in [-0.1, -0.05) is 60.2 Å². The van der Waals surface area contributed by atoms with Gasteiger partial charge in [0.2, 0.25) is 0 Å². The highest BCUT2D eigenvalue weighted by Gasteiger charge is 2.22. The first-order valence-electron chi connectivity index (χ1n) is 10.6. The van der Waals surface area contributed by atoms with Gasteiger partial charge in [-0.3, -0.25) is 0 Å². The number of hydrogen-bond acceptors (Lipinski definition) is 3. The number of carbonyl (C=O) groups is 1. The van der Waals surface area contributed by atoms with Gasteiger partial charge in [-0.25, -0.2) is 9.79 Å². The van der Waals surface area contributed by atoms with E-state index in [0.29, 0.717) is 5.56 Å². The second-order valence-electron chi connectivity index (χ2n) is 7.81. The SMILES string of the molecule is CCN(C)C=Nc1ccc(C(=O)OC(c2ccccc2)c2ccc(C)cc2)c(C)c1C. The molecule has 0 N–H and O–H groups in total. The number of benzene rings is 3.